The zero-order valence-corrected chi connectivity index (χ0v) is 9.68. The van der Waals surface area contributed by atoms with E-state index in [1.54, 1.807) is 10.9 Å². The quantitative estimate of drug-likeness (QED) is 0.801. The summed E-state index contributed by atoms with van der Waals surface area (Å²) in [5, 5.41) is 8.96. The van der Waals surface area contributed by atoms with E-state index in [1.165, 1.54) is 13.4 Å². The van der Waals surface area contributed by atoms with Crippen molar-refractivity contribution in [1.82, 2.24) is 19.5 Å². The van der Waals surface area contributed by atoms with Gasteiger partial charge in [0.25, 0.3) is 0 Å². The van der Waals surface area contributed by atoms with Crippen molar-refractivity contribution in [1.29, 1.82) is 0 Å². The van der Waals surface area contributed by atoms with Gasteiger partial charge < -0.3 is 19.3 Å². The number of aliphatic hydroxyl groups excluding tert-OH is 1. The molecule has 1 fully saturated rings. The highest BCUT2D eigenvalue weighted by Gasteiger charge is 2.28. The monoisotopic (exact) mass is 252 g/mol. The zero-order valence-electron chi connectivity index (χ0n) is 9.68. The molecular weight excluding hydrogens is 240 g/mol. The van der Waals surface area contributed by atoms with Gasteiger partial charge in [0.1, 0.15) is 6.33 Å². The summed E-state index contributed by atoms with van der Waals surface area (Å²) in [7, 11) is 1.53. The molecule has 0 amide bonds. The topological polar surface area (TPSA) is 91.5 Å². The third-order valence-corrected chi connectivity index (χ3v) is 2.71. The molecule has 1 aliphatic rings. The van der Waals surface area contributed by atoms with Crippen LogP contribution in [0.15, 0.2) is 12.7 Å². The van der Waals surface area contributed by atoms with Crippen molar-refractivity contribution >= 4 is 11.2 Å². The molecule has 2 atom stereocenters. The standard InChI is InChI=1S/C10H12N4O4/c1-16-10-8-9(11-4-12-10)14(5-13-8)6-3-17-7(2-15)18-6/h4-7,15H,2-3H2,1H3/t6-,7?/m1/s1. The molecule has 18 heavy (non-hydrogen) atoms. The maximum absolute atomic E-state index is 8.96. The molecular formula is C10H12N4O4. The van der Waals surface area contributed by atoms with Crippen molar-refractivity contribution in [2.75, 3.05) is 20.3 Å². The lowest BCUT2D eigenvalue weighted by atomic mass is 10.5. The van der Waals surface area contributed by atoms with E-state index in [2.05, 4.69) is 15.0 Å². The van der Waals surface area contributed by atoms with Crippen LogP contribution in [-0.4, -0.2) is 51.2 Å². The Labute approximate surface area is 102 Å². The SMILES string of the molecule is COc1ncnc2c1ncn2[C@H]1COC(CO)O1. The van der Waals surface area contributed by atoms with Crippen molar-refractivity contribution < 1.29 is 19.3 Å². The molecule has 0 bridgehead atoms. The van der Waals surface area contributed by atoms with Crippen LogP contribution in [0.4, 0.5) is 0 Å². The molecule has 3 heterocycles. The molecule has 0 spiro atoms. The van der Waals surface area contributed by atoms with Crippen LogP contribution in [0, 0.1) is 0 Å². The van der Waals surface area contributed by atoms with E-state index in [0.717, 1.165) is 0 Å². The van der Waals surface area contributed by atoms with E-state index < -0.39 is 6.29 Å². The predicted molar refractivity (Wildman–Crippen MR) is 58.8 cm³/mol. The Morgan fingerprint density at radius 2 is 2.39 bits per heavy atom. The molecule has 1 N–H and O–H groups in total. The number of rotatable bonds is 3. The molecule has 1 unspecified atom stereocenters. The fourth-order valence-corrected chi connectivity index (χ4v) is 1.88. The Morgan fingerprint density at radius 3 is 3.11 bits per heavy atom. The first kappa shape index (κ1) is 11.3. The van der Waals surface area contributed by atoms with Crippen LogP contribution < -0.4 is 4.74 Å². The minimum atomic E-state index is -0.601. The number of hydrogen-bond donors (Lipinski definition) is 1. The van der Waals surface area contributed by atoms with Gasteiger partial charge >= 0.3 is 0 Å². The van der Waals surface area contributed by atoms with E-state index in [9.17, 15) is 0 Å². The first-order valence-corrected chi connectivity index (χ1v) is 5.43. The van der Waals surface area contributed by atoms with Gasteiger partial charge in [0.05, 0.1) is 26.7 Å². The third kappa shape index (κ3) is 1.70. The first-order valence-electron chi connectivity index (χ1n) is 5.43. The molecule has 1 saturated heterocycles. The maximum Gasteiger partial charge on any atom is 0.245 e. The Balaban J connectivity index is 1.98. The van der Waals surface area contributed by atoms with Crippen molar-refractivity contribution in [2.24, 2.45) is 0 Å². The highest BCUT2D eigenvalue weighted by Crippen LogP contribution is 2.26. The molecule has 8 nitrogen and oxygen atoms in total. The molecule has 2 aromatic rings. The molecule has 0 radical (unpaired) electrons. The van der Waals surface area contributed by atoms with Crippen LogP contribution in [0.5, 0.6) is 5.88 Å². The summed E-state index contributed by atoms with van der Waals surface area (Å²) in [6, 6.07) is 0. The summed E-state index contributed by atoms with van der Waals surface area (Å²) in [5.41, 5.74) is 1.17. The predicted octanol–water partition coefficient (Wildman–Crippen LogP) is -0.301. The molecule has 2 aromatic heterocycles. The molecule has 0 saturated carbocycles. The van der Waals surface area contributed by atoms with E-state index >= 15 is 0 Å². The lowest BCUT2D eigenvalue weighted by Gasteiger charge is -2.11. The van der Waals surface area contributed by atoms with Gasteiger partial charge in [-0.2, -0.15) is 4.98 Å². The molecule has 1 aliphatic heterocycles. The first-order chi connectivity index (χ1) is 8.83. The van der Waals surface area contributed by atoms with Crippen molar-refractivity contribution in [2.45, 2.75) is 12.5 Å². The van der Waals surface area contributed by atoms with Crippen LogP contribution >= 0.6 is 0 Å². The second kappa shape index (κ2) is 4.48. The Hall–Kier alpha value is -1.77. The van der Waals surface area contributed by atoms with Gasteiger partial charge in [-0.05, 0) is 0 Å². The number of hydrogen-bond acceptors (Lipinski definition) is 7. The molecule has 96 valence electrons. The number of aliphatic hydroxyl groups is 1. The molecule has 0 aliphatic carbocycles. The van der Waals surface area contributed by atoms with Crippen LogP contribution in [0.2, 0.25) is 0 Å². The fraction of sp³-hybridized carbons (Fsp3) is 0.500. The number of nitrogens with zero attached hydrogens (tertiary/aromatic N) is 4. The average Bonchev–Trinajstić information content (AvgIpc) is 3.03. The van der Waals surface area contributed by atoms with E-state index in [4.69, 9.17) is 19.3 Å². The number of aromatic nitrogens is 4. The number of methoxy groups -OCH3 is 1. The van der Waals surface area contributed by atoms with Crippen LogP contribution in [-0.2, 0) is 9.47 Å². The van der Waals surface area contributed by atoms with Gasteiger partial charge in [-0.25, -0.2) is 9.97 Å². The minimum Gasteiger partial charge on any atom is -0.479 e. The van der Waals surface area contributed by atoms with Crippen molar-refractivity contribution in [3.8, 4) is 5.88 Å². The Morgan fingerprint density at radius 1 is 1.50 bits per heavy atom. The summed E-state index contributed by atoms with van der Waals surface area (Å²) in [5.74, 6) is 0.413. The van der Waals surface area contributed by atoms with Gasteiger partial charge in [0.2, 0.25) is 5.88 Å². The summed E-state index contributed by atoms with van der Waals surface area (Å²) in [6.07, 6.45) is 2.04. The number of fused-ring (bicyclic) bond motifs is 1. The van der Waals surface area contributed by atoms with Gasteiger partial charge in [-0.3, -0.25) is 4.57 Å². The van der Waals surface area contributed by atoms with Crippen molar-refractivity contribution in [3.63, 3.8) is 0 Å². The van der Waals surface area contributed by atoms with Gasteiger partial charge in [-0.15, -0.1) is 0 Å². The summed E-state index contributed by atoms with van der Waals surface area (Å²) in [6.45, 7) is 0.157. The zero-order chi connectivity index (χ0) is 12.5. The third-order valence-electron chi connectivity index (χ3n) is 2.71. The lowest BCUT2D eigenvalue weighted by Crippen LogP contribution is -2.15. The number of ether oxygens (including phenoxy) is 3. The highest BCUT2D eigenvalue weighted by molar-refractivity contribution is 5.75. The summed E-state index contributed by atoms with van der Waals surface area (Å²) < 4.78 is 17.6. The van der Waals surface area contributed by atoms with Crippen molar-refractivity contribution in [3.05, 3.63) is 12.7 Å². The molecule has 0 aromatic carbocycles. The smallest absolute Gasteiger partial charge is 0.245 e. The average molecular weight is 252 g/mol. The van der Waals surface area contributed by atoms with Crippen LogP contribution in [0.1, 0.15) is 6.23 Å². The maximum atomic E-state index is 8.96. The fourth-order valence-electron chi connectivity index (χ4n) is 1.88. The summed E-state index contributed by atoms with van der Waals surface area (Å²) >= 11 is 0. The summed E-state index contributed by atoms with van der Waals surface area (Å²) in [4.78, 5) is 12.3. The largest absolute Gasteiger partial charge is 0.479 e. The Kier molecular flexibility index (Phi) is 2.82. The van der Waals surface area contributed by atoms with E-state index in [1.807, 2.05) is 0 Å². The van der Waals surface area contributed by atoms with E-state index in [0.29, 0.717) is 23.7 Å². The molecule has 3 rings (SSSR count). The highest BCUT2D eigenvalue weighted by atomic mass is 16.7. The number of imidazole rings is 1. The molecule has 8 heteroatoms. The second-order valence-corrected chi connectivity index (χ2v) is 3.74. The van der Waals surface area contributed by atoms with Crippen LogP contribution in [0.25, 0.3) is 11.2 Å². The van der Waals surface area contributed by atoms with E-state index in [-0.39, 0.29) is 12.8 Å². The van der Waals surface area contributed by atoms with Gasteiger partial charge in [0, 0.05) is 0 Å². The second-order valence-electron chi connectivity index (χ2n) is 3.74. The van der Waals surface area contributed by atoms with Gasteiger partial charge in [-0.1, -0.05) is 0 Å². The normalized spacial score (nSPS) is 23.7. The minimum absolute atomic E-state index is 0.179. The Bertz CT molecular complexity index is 558. The van der Waals surface area contributed by atoms with Gasteiger partial charge in [0.15, 0.2) is 23.7 Å². The lowest BCUT2D eigenvalue weighted by molar-refractivity contribution is -0.0980. The van der Waals surface area contributed by atoms with Crippen LogP contribution in [0.3, 0.4) is 0 Å².